The fourth-order valence-corrected chi connectivity index (χ4v) is 2.36. The van der Waals surface area contributed by atoms with E-state index in [4.69, 9.17) is 0 Å². The van der Waals surface area contributed by atoms with Crippen molar-refractivity contribution in [3.05, 3.63) is 57.1 Å². The van der Waals surface area contributed by atoms with Crippen molar-refractivity contribution >= 4 is 27.3 Å². The highest BCUT2D eigenvalue weighted by Crippen LogP contribution is 2.20. The van der Waals surface area contributed by atoms with Crippen molar-refractivity contribution in [1.29, 1.82) is 0 Å². The highest BCUT2D eigenvalue weighted by molar-refractivity contribution is 7.92. The van der Waals surface area contributed by atoms with Gasteiger partial charge in [0.1, 0.15) is 12.4 Å². The molecule has 128 valence electrons. The minimum atomic E-state index is -3.69. The molecule has 1 aromatic carbocycles. The summed E-state index contributed by atoms with van der Waals surface area (Å²) in [7, 11) is -3.69. The van der Waals surface area contributed by atoms with E-state index in [2.05, 4.69) is 5.32 Å². The van der Waals surface area contributed by atoms with Crippen LogP contribution in [0, 0.1) is 5.82 Å². The van der Waals surface area contributed by atoms with Gasteiger partial charge >= 0.3 is 5.69 Å². The summed E-state index contributed by atoms with van der Waals surface area (Å²) in [5.41, 5.74) is -1.54. The van der Waals surface area contributed by atoms with Crippen molar-refractivity contribution in [2.24, 2.45) is 0 Å². The van der Waals surface area contributed by atoms with Crippen LogP contribution in [0.15, 0.2) is 40.1 Å². The summed E-state index contributed by atoms with van der Waals surface area (Å²) < 4.78 is 38.8. The number of halogens is 1. The normalized spacial score (nSPS) is 11.1. The molecule has 3 N–H and O–H groups in total. The molecule has 0 bridgehead atoms. The molecule has 0 unspecified atom stereocenters. The van der Waals surface area contributed by atoms with Crippen LogP contribution in [0.2, 0.25) is 0 Å². The number of benzene rings is 1. The van der Waals surface area contributed by atoms with E-state index in [9.17, 15) is 27.2 Å². The Morgan fingerprint density at radius 2 is 2.00 bits per heavy atom. The second-order valence-corrected chi connectivity index (χ2v) is 6.60. The molecule has 0 saturated heterocycles. The number of carbonyl (C=O) groups is 1. The monoisotopic (exact) mass is 356 g/mol. The summed E-state index contributed by atoms with van der Waals surface area (Å²) >= 11 is 0. The number of rotatable bonds is 5. The van der Waals surface area contributed by atoms with Gasteiger partial charge < -0.3 is 5.32 Å². The van der Waals surface area contributed by atoms with Crippen molar-refractivity contribution < 1.29 is 17.6 Å². The molecule has 9 nitrogen and oxygen atoms in total. The lowest BCUT2D eigenvalue weighted by atomic mass is 10.2. The lowest BCUT2D eigenvalue weighted by Gasteiger charge is -2.10. The molecule has 11 heteroatoms. The third-order valence-electron chi connectivity index (χ3n) is 2.76. The zero-order valence-electron chi connectivity index (χ0n) is 12.4. The fraction of sp³-hybridized carbons (Fsp3) is 0.154. The number of hydrogen-bond donors (Lipinski definition) is 3. The Morgan fingerprint density at radius 1 is 1.29 bits per heavy atom. The summed E-state index contributed by atoms with van der Waals surface area (Å²) in [6.45, 7) is -0.387. The van der Waals surface area contributed by atoms with Crippen LogP contribution in [0.25, 0.3) is 0 Å². The Morgan fingerprint density at radius 3 is 2.62 bits per heavy atom. The summed E-state index contributed by atoms with van der Waals surface area (Å²) in [6.07, 6.45) is 2.02. The quantitative estimate of drug-likeness (QED) is 0.676. The molecule has 0 radical (unpaired) electrons. The molecule has 0 fully saturated rings. The lowest BCUT2D eigenvalue weighted by Crippen LogP contribution is -2.32. The Kier molecular flexibility index (Phi) is 4.83. The topological polar surface area (TPSA) is 130 Å². The number of carbonyl (C=O) groups excluding carboxylic acids is 1. The van der Waals surface area contributed by atoms with Crippen LogP contribution in [0.3, 0.4) is 0 Å². The fourth-order valence-electron chi connectivity index (χ4n) is 1.80. The summed E-state index contributed by atoms with van der Waals surface area (Å²) in [5.74, 6) is -1.43. The average molecular weight is 356 g/mol. The highest BCUT2D eigenvalue weighted by Gasteiger charge is 2.11. The zero-order valence-corrected chi connectivity index (χ0v) is 13.2. The van der Waals surface area contributed by atoms with Crippen molar-refractivity contribution in [3.63, 3.8) is 0 Å². The van der Waals surface area contributed by atoms with Crippen LogP contribution in [-0.2, 0) is 21.4 Å². The molecule has 1 amide bonds. The first-order chi connectivity index (χ1) is 11.1. The Hall–Kier alpha value is -2.95. The first-order valence-corrected chi connectivity index (χ1v) is 8.40. The van der Waals surface area contributed by atoms with Crippen LogP contribution >= 0.6 is 0 Å². The van der Waals surface area contributed by atoms with Crippen LogP contribution in [-0.4, -0.2) is 30.1 Å². The number of H-pyrrole nitrogens is 1. The maximum atomic E-state index is 13.6. The Labute approximate surface area is 135 Å². The van der Waals surface area contributed by atoms with Gasteiger partial charge in [-0.1, -0.05) is 0 Å². The predicted molar refractivity (Wildman–Crippen MR) is 84.8 cm³/mol. The van der Waals surface area contributed by atoms with E-state index >= 15 is 0 Å². The third kappa shape index (κ3) is 4.78. The standard InChI is InChI=1S/C13H13FN4O5S/c1-24(22,23)17-10-6-8(2-3-9(10)14)15-12(20)7-18-5-4-11(19)16-13(18)21/h2-6,17H,7H2,1H3,(H,15,20)(H,16,19,21). The number of aromatic nitrogens is 2. The molecule has 0 aliphatic heterocycles. The SMILES string of the molecule is CS(=O)(=O)Nc1cc(NC(=O)Cn2ccc(=O)[nH]c2=O)ccc1F. The Balaban J connectivity index is 2.15. The van der Waals surface area contributed by atoms with E-state index in [1.54, 1.807) is 0 Å². The van der Waals surface area contributed by atoms with E-state index < -0.39 is 33.0 Å². The average Bonchev–Trinajstić information content (AvgIpc) is 2.44. The van der Waals surface area contributed by atoms with Gasteiger partial charge in [0, 0.05) is 18.0 Å². The molecule has 1 aromatic heterocycles. The van der Waals surface area contributed by atoms with Crippen LogP contribution in [0.4, 0.5) is 15.8 Å². The molecule has 1 heterocycles. The van der Waals surface area contributed by atoms with Crippen LogP contribution in [0.5, 0.6) is 0 Å². The van der Waals surface area contributed by atoms with Gasteiger partial charge in [0.15, 0.2) is 0 Å². The molecular formula is C13H13FN4O5S. The minimum Gasteiger partial charge on any atom is -0.324 e. The third-order valence-corrected chi connectivity index (χ3v) is 3.35. The van der Waals surface area contributed by atoms with Crippen molar-refractivity contribution in [3.8, 4) is 0 Å². The highest BCUT2D eigenvalue weighted by atomic mass is 32.2. The molecular weight excluding hydrogens is 343 g/mol. The van der Waals surface area contributed by atoms with Gasteiger partial charge in [0.2, 0.25) is 15.9 Å². The maximum absolute atomic E-state index is 13.6. The van der Waals surface area contributed by atoms with Crippen molar-refractivity contribution in [2.45, 2.75) is 6.54 Å². The van der Waals surface area contributed by atoms with E-state index in [0.29, 0.717) is 0 Å². The maximum Gasteiger partial charge on any atom is 0.328 e. The number of aromatic amines is 1. The van der Waals surface area contributed by atoms with E-state index in [1.807, 2.05) is 9.71 Å². The number of nitrogens with one attached hydrogen (secondary N) is 3. The predicted octanol–water partition coefficient (Wildman–Crippen LogP) is -0.314. The van der Waals surface area contributed by atoms with Crippen molar-refractivity contribution in [1.82, 2.24) is 9.55 Å². The summed E-state index contributed by atoms with van der Waals surface area (Å²) in [6, 6.07) is 4.40. The van der Waals surface area contributed by atoms with Crippen LogP contribution < -0.4 is 21.3 Å². The summed E-state index contributed by atoms with van der Waals surface area (Å²) in [4.78, 5) is 36.3. The van der Waals surface area contributed by atoms with Crippen molar-refractivity contribution in [2.75, 3.05) is 16.3 Å². The van der Waals surface area contributed by atoms with Gasteiger partial charge in [-0.25, -0.2) is 17.6 Å². The molecule has 0 saturated carbocycles. The smallest absolute Gasteiger partial charge is 0.324 e. The van der Waals surface area contributed by atoms with Gasteiger partial charge in [-0.15, -0.1) is 0 Å². The zero-order chi connectivity index (χ0) is 17.9. The van der Waals surface area contributed by atoms with Crippen LogP contribution in [0.1, 0.15) is 0 Å². The number of hydrogen-bond acceptors (Lipinski definition) is 5. The molecule has 0 aliphatic carbocycles. The van der Waals surface area contributed by atoms with E-state index in [1.165, 1.54) is 6.07 Å². The molecule has 2 rings (SSSR count). The number of nitrogens with zero attached hydrogens (tertiary/aromatic N) is 1. The van der Waals surface area contributed by atoms with Gasteiger partial charge in [-0.2, -0.15) is 0 Å². The van der Waals surface area contributed by atoms with E-state index in [0.717, 1.165) is 35.2 Å². The molecule has 0 spiro atoms. The number of amides is 1. The minimum absolute atomic E-state index is 0.130. The lowest BCUT2D eigenvalue weighted by molar-refractivity contribution is -0.116. The second-order valence-electron chi connectivity index (χ2n) is 4.86. The molecule has 0 aliphatic rings. The van der Waals surface area contributed by atoms with Gasteiger partial charge in [-0.3, -0.25) is 23.9 Å². The number of anilines is 2. The summed E-state index contributed by atoms with van der Waals surface area (Å²) in [5, 5.41) is 2.39. The second kappa shape index (κ2) is 6.66. The van der Waals surface area contributed by atoms with Gasteiger partial charge in [0.05, 0.1) is 11.9 Å². The largest absolute Gasteiger partial charge is 0.328 e. The molecule has 24 heavy (non-hydrogen) atoms. The molecule has 2 aromatic rings. The Bertz CT molecular complexity index is 996. The first-order valence-electron chi connectivity index (χ1n) is 6.51. The first kappa shape index (κ1) is 17.4. The van der Waals surface area contributed by atoms with Gasteiger partial charge in [0.25, 0.3) is 5.56 Å². The molecule has 0 atom stereocenters. The number of sulfonamides is 1. The van der Waals surface area contributed by atoms with Gasteiger partial charge in [-0.05, 0) is 18.2 Å². The van der Waals surface area contributed by atoms with E-state index in [-0.39, 0.29) is 17.9 Å².